The topological polar surface area (TPSA) is 187 Å². The first-order valence-electron chi connectivity index (χ1n) is 4.17. The predicted octanol–water partition coefficient (Wildman–Crippen LogP) is -3.16. The van der Waals surface area contributed by atoms with Crippen LogP contribution in [0.4, 0.5) is 0 Å². The van der Waals surface area contributed by atoms with Crippen LogP contribution in [0.25, 0.3) is 0 Å². The van der Waals surface area contributed by atoms with Gasteiger partial charge in [-0.15, -0.1) is 0 Å². The summed E-state index contributed by atoms with van der Waals surface area (Å²) < 4.78 is 0. The van der Waals surface area contributed by atoms with Crippen LogP contribution in [0.3, 0.4) is 0 Å². The van der Waals surface area contributed by atoms with Crippen molar-refractivity contribution >= 4 is 11.9 Å². The first-order valence-corrected chi connectivity index (χ1v) is 4.17. The molecule has 16 heavy (non-hydrogen) atoms. The number of rotatable bonds is 5. The number of aliphatic carboxylic acids is 2. The van der Waals surface area contributed by atoms with Crippen LogP contribution >= 0.6 is 0 Å². The van der Waals surface area contributed by atoms with Gasteiger partial charge in [-0.2, -0.15) is 0 Å². The van der Waals surface area contributed by atoms with Gasteiger partial charge in [-0.1, -0.05) is 0 Å². The molecule has 1 atom stereocenters. The van der Waals surface area contributed by atoms with Crippen molar-refractivity contribution in [1.29, 1.82) is 0 Å². The maximum Gasteiger partial charge on any atom is 0.320 e. The highest BCUT2D eigenvalue weighted by atomic mass is 16.7. The number of carboxylic acids is 2. The van der Waals surface area contributed by atoms with E-state index in [0.717, 1.165) is 0 Å². The van der Waals surface area contributed by atoms with E-state index >= 15 is 0 Å². The molecule has 0 spiro atoms. The molecule has 0 saturated carbocycles. The van der Waals surface area contributed by atoms with E-state index in [4.69, 9.17) is 31.3 Å². The van der Waals surface area contributed by atoms with E-state index in [1.165, 1.54) is 0 Å². The van der Waals surface area contributed by atoms with Crippen molar-refractivity contribution in [3.63, 3.8) is 0 Å². The van der Waals surface area contributed by atoms with Crippen LogP contribution in [0, 0.1) is 0 Å². The SMILES string of the molecule is NCC(O)(O)O.N[C@@H](CCC(=O)O)C(=O)O. The third kappa shape index (κ3) is 15.2. The van der Waals surface area contributed by atoms with Gasteiger partial charge in [0.05, 0.1) is 6.54 Å². The molecule has 0 aliphatic heterocycles. The molecule has 0 aromatic carbocycles. The second-order valence-electron chi connectivity index (χ2n) is 2.86. The second kappa shape index (κ2) is 7.96. The van der Waals surface area contributed by atoms with Crippen LogP contribution in [0.2, 0.25) is 0 Å². The fraction of sp³-hybridized carbons (Fsp3) is 0.714. The first-order chi connectivity index (χ1) is 7.10. The van der Waals surface area contributed by atoms with Gasteiger partial charge in [-0.25, -0.2) is 0 Å². The minimum atomic E-state index is -2.68. The summed E-state index contributed by atoms with van der Waals surface area (Å²) in [5.74, 6) is -4.88. The van der Waals surface area contributed by atoms with E-state index in [1.807, 2.05) is 0 Å². The van der Waals surface area contributed by atoms with Gasteiger partial charge >= 0.3 is 11.9 Å². The molecule has 0 aliphatic rings. The second-order valence-corrected chi connectivity index (χ2v) is 2.86. The number of aliphatic hydroxyl groups is 3. The third-order valence-corrected chi connectivity index (χ3v) is 1.26. The molecule has 0 fully saturated rings. The predicted molar refractivity (Wildman–Crippen MR) is 50.9 cm³/mol. The molecule has 0 aromatic rings. The summed E-state index contributed by atoms with van der Waals surface area (Å²) in [6, 6.07) is -1.06. The summed E-state index contributed by atoms with van der Waals surface area (Å²) in [5, 5.41) is 39.7. The number of carboxylic acid groups (broad SMARTS) is 2. The molecule has 0 amide bonds. The van der Waals surface area contributed by atoms with Crippen molar-refractivity contribution in [2.45, 2.75) is 24.9 Å². The average molecular weight is 240 g/mol. The van der Waals surface area contributed by atoms with Crippen molar-refractivity contribution in [2.75, 3.05) is 6.54 Å². The first kappa shape index (κ1) is 17.1. The summed E-state index contributed by atoms with van der Waals surface area (Å²) in [6.45, 7) is -0.562. The fourth-order valence-corrected chi connectivity index (χ4v) is 0.402. The molecular weight excluding hydrogens is 224 g/mol. The number of carbonyl (C=O) groups is 2. The Morgan fingerprint density at radius 3 is 1.75 bits per heavy atom. The Labute approximate surface area is 90.9 Å². The lowest BCUT2D eigenvalue weighted by Gasteiger charge is -2.07. The normalized spacial score (nSPS) is 12.3. The molecule has 0 aromatic heterocycles. The van der Waals surface area contributed by atoms with Gasteiger partial charge in [-0.05, 0) is 6.42 Å². The smallest absolute Gasteiger partial charge is 0.320 e. The number of nitrogens with two attached hydrogens (primary N) is 2. The molecule has 9 nitrogen and oxygen atoms in total. The van der Waals surface area contributed by atoms with E-state index in [9.17, 15) is 9.59 Å². The monoisotopic (exact) mass is 240 g/mol. The Morgan fingerprint density at radius 1 is 1.19 bits per heavy atom. The van der Waals surface area contributed by atoms with Crippen LogP contribution in [0.1, 0.15) is 12.8 Å². The molecule has 96 valence electrons. The van der Waals surface area contributed by atoms with Crippen LogP contribution < -0.4 is 11.5 Å². The Balaban J connectivity index is 0. The minimum absolute atomic E-state index is 0.0231. The van der Waals surface area contributed by atoms with Gasteiger partial charge in [0.15, 0.2) is 0 Å². The highest BCUT2D eigenvalue weighted by molar-refractivity contribution is 5.74. The van der Waals surface area contributed by atoms with E-state index in [-0.39, 0.29) is 12.8 Å². The maximum atomic E-state index is 9.99. The summed E-state index contributed by atoms with van der Waals surface area (Å²) in [4.78, 5) is 19.9. The third-order valence-electron chi connectivity index (χ3n) is 1.26. The van der Waals surface area contributed by atoms with Crippen LogP contribution in [-0.2, 0) is 9.59 Å². The molecule has 0 heterocycles. The summed E-state index contributed by atoms with van der Waals surface area (Å²) in [6.07, 6.45) is -0.224. The molecule has 0 radical (unpaired) electrons. The number of hydrogen-bond donors (Lipinski definition) is 7. The van der Waals surface area contributed by atoms with Gasteiger partial charge in [0.25, 0.3) is 5.97 Å². The molecule has 0 saturated heterocycles. The van der Waals surface area contributed by atoms with Gasteiger partial charge in [0.1, 0.15) is 6.04 Å². The zero-order valence-electron chi connectivity index (χ0n) is 8.41. The van der Waals surface area contributed by atoms with Crippen molar-refractivity contribution in [3.05, 3.63) is 0 Å². The van der Waals surface area contributed by atoms with Crippen molar-refractivity contribution in [2.24, 2.45) is 11.5 Å². The standard InChI is InChI=1S/C5H9NO4.C2H7NO3/c6-3(5(9)10)1-2-4(7)8;3-1-2(4,5)6/h3H,1-2,6H2,(H,7,8)(H,9,10);4-6H,1,3H2/t3-;/m0./s1. The Morgan fingerprint density at radius 2 is 1.56 bits per heavy atom. The van der Waals surface area contributed by atoms with Crippen LogP contribution in [0.15, 0.2) is 0 Å². The lowest BCUT2D eigenvalue weighted by molar-refractivity contribution is -0.302. The van der Waals surface area contributed by atoms with Crippen molar-refractivity contribution in [3.8, 4) is 0 Å². The lowest BCUT2D eigenvalue weighted by atomic mass is 10.2. The molecule has 0 aliphatic carbocycles. The highest BCUT2D eigenvalue weighted by Crippen LogP contribution is 1.93. The van der Waals surface area contributed by atoms with E-state index in [2.05, 4.69) is 5.73 Å². The zero-order chi connectivity index (χ0) is 13.4. The van der Waals surface area contributed by atoms with E-state index in [0.29, 0.717) is 0 Å². The Hall–Kier alpha value is -1.26. The molecular formula is C7H16N2O7. The summed E-state index contributed by atoms with van der Waals surface area (Å²) in [5.41, 5.74) is 9.56. The lowest BCUT2D eigenvalue weighted by Crippen LogP contribution is -2.36. The average Bonchev–Trinajstić information content (AvgIpc) is 2.13. The molecule has 0 bridgehead atoms. The Bertz CT molecular complexity index is 225. The highest BCUT2D eigenvalue weighted by Gasteiger charge is 2.12. The molecule has 9 N–H and O–H groups in total. The largest absolute Gasteiger partial charge is 0.481 e. The number of hydrogen-bond acceptors (Lipinski definition) is 7. The van der Waals surface area contributed by atoms with E-state index in [1.54, 1.807) is 0 Å². The van der Waals surface area contributed by atoms with Crippen molar-refractivity contribution < 1.29 is 35.1 Å². The van der Waals surface area contributed by atoms with Gasteiger partial charge in [0.2, 0.25) is 0 Å². The van der Waals surface area contributed by atoms with Gasteiger partial charge in [0, 0.05) is 6.42 Å². The molecule has 0 rings (SSSR count). The van der Waals surface area contributed by atoms with Crippen molar-refractivity contribution in [1.82, 2.24) is 0 Å². The Kier molecular flexibility index (Phi) is 8.53. The quantitative estimate of drug-likeness (QED) is 0.243. The van der Waals surface area contributed by atoms with E-state index < -0.39 is 30.5 Å². The summed E-state index contributed by atoms with van der Waals surface area (Å²) in [7, 11) is 0. The minimum Gasteiger partial charge on any atom is -0.481 e. The van der Waals surface area contributed by atoms with Gasteiger partial charge < -0.3 is 37.0 Å². The maximum absolute atomic E-state index is 9.99. The zero-order valence-corrected chi connectivity index (χ0v) is 8.41. The summed E-state index contributed by atoms with van der Waals surface area (Å²) >= 11 is 0. The van der Waals surface area contributed by atoms with Crippen LogP contribution in [-0.4, -0.2) is 56.0 Å². The fourth-order valence-electron chi connectivity index (χ4n) is 0.402. The van der Waals surface area contributed by atoms with Crippen LogP contribution in [0.5, 0.6) is 0 Å². The molecule has 9 heteroatoms. The van der Waals surface area contributed by atoms with Gasteiger partial charge in [-0.3, -0.25) is 9.59 Å². The molecule has 0 unspecified atom stereocenters.